The Morgan fingerprint density at radius 1 is 1.23 bits per heavy atom. The third-order valence-corrected chi connectivity index (χ3v) is 6.36. The average Bonchev–Trinajstić information content (AvgIpc) is 3.24. The number of aromatic nitrogens is 1. The fraction of sp³-hybridized carbons (Fsp3) is 0.545. The van der Waals surface area contributed by atoms with Crippen LogP contribution in [0.1, 0.15) is 42.1 Å². The zero-order valence-electron chi connectivity index (χ0n) is 18.4. The topological polar surface area (TPSA) is 61.8 Å². The van der Waals surface area contributed by atoms with Crippen molar-refractivity contribution in [3.8, 4) is 0 Å². The number of hydrogen-bond donors (Lipinski definition) is 2. The van der Waals surface area contributed by atoms with Crippen LogP contribution < -0.4 is 10.6 Å². The summed E-state index contributed by atoms with van der Waals surface area (Å²) in [7, 11) is 1.77. The van der Waals surface area contributed by atoms with E-state index in [-0.39, 0.29) is 35.8 Å². The number of ether oxygens (including phenoxy) is 1. The summed E-state index contributed by atoms with van der Waals surface area (Å²) in [6.07, 6.45) is 0.856. The molecule has 172 valence electrons. The van der Waals surface area contributed by atoms with Gasteiger partial charge in [-0.05, 0) is 17.7 Å². The van der Waals surface area contributed by atoms with Crippen LogP contribution in [0.4, 0.5) is 4.39 Å². The minimum Gasteiger partial charge on any atom is -0.379 e. The molecule has 3 rings (SSSR count). The number of morpholine rings is 1. The number of benzene rings is 1. The fourth-order valence-electron chi connectivity index (χ4n) is 3.46. The lowest BCUT2D eigenvalue weighted by Crippen LogP contribution is -2.46. The van der Waals surface area contributed by atoms with Crippen LogP contribution in [0.5, 0.6) is 0 Å². The second kappa shape index (κ2) is 13.3. The van der Waals surface area contributed by atoms with E-state index in [1.807, 2.05) is 12.1 Å². The maximum atomic E-state index is 13.4. The molecular weight excluding hydrogens is 528 g/mol. The van der Waals surface area contributed by atoms with Gasteiger partial charge in [-0.25, -0.2) is 9.37 Å². The monoisotopic (exact) mass is 561 g/mol. The van der Waals surface area contributed by atoms with Gasteiger partial charge in [0.15, 0.2) is 5.96 Å². The van der Waals surface area contributed by atoms with E-state index in [0.29, 0.717) is 12.5 Å². The van der Waals surface area contributed by atoms with Crippen LogP contribution in [0, 0.1) is 5.82 Å². The molecule has 0 amide bonds. The van der Waals surface area contributed by atoms with Gasteiger partial charge in [0.05, 0.1) is 30.0 Å². The van der Waals surface area contributed by atoms with E-state index in [0.717, 1.165) is 56.5 Å². The van der Waals surface area contributed by atoms with Gasteiger partial charge in [0.2, 0.25) is 0 Å². The lowest BCUT2D eigenvalue weighted by molar-refractivity contribution is 0.0170. The first-order chi connectivity index (χ1) is 14.6. The van der Waals surface area contributed by atoms with E-state index in [1.54, 1.807) is 18.4 Å². The molecule has 1 aromatic carbocycles. The lowest BCUT2D eigenvalue weighted by Gasteiger charge is -2.35. The van der Waals surface area contributed by atoms with Gasteiger partial charge in [0.25, 0.3) is 0 Å². The number of aliphatic imine (C=N–C) groups is 1. The summed E-state index contributed by atoms with van der Waals surface area (Å²) < 4.78 is 18.9. The number of nitrogens with one attached hydrogen (secondary N) is 2. The smallest absolute Gasteiger partial charge is 0.191 e. The van der Waals surface area contributed by atoms with Gasteiger partial charge in [-0.15, -0.1) is 35.3 Å². The van der Waals surface area contributed by atoms with Crippen molar-refractivity contribution in [2.75, 3.05) is 46.4 Å². The molecule has 9 heteroatoms. The van der Waals surface area contributed by atoms with Crippen LogP contribution in [-0.2, 0) is 11.2 Å². The molecule has 2 N–H and O–H groups in total. The largest absolute Gasteiger partial charge is 0.379 e. The summed E-state index contributed by atoms with van der Waals surface area (Å²) in [6, 6.07) is 6.90. The van der Waals surface area contributed by atoms with Crippen molar-refractivity contribution in [2.24, 2.45) is 4.99 Å². The number of halogens is 2. The van der Waals surface area contributed by atoms with Gasteiger partial charge in [0, 0.05) is 50.9 Å². The molecule has 1 aliphatic heterocycles. The highest BCUT2D eigenvalue weighted by Crippen LogP contribution is 2.22. The van der Waals surface area contributed by atoms with Crippen molar-refractivity contribution in [1.82, 2.24) is 20.5 Å². The molecule has 31 heavy (non-hydrogen) atoms. The molecule has 1 saturated heterocycles. The highest BCUT2D eigenvalue weighted by molar-refractivity contribution is 14.0. The first-order valence-corrected chi connectivity index (χ1v) is 11.4. The Balaban J connectivity index is 0.00000341. The van der Waals surface area contributed by atoms with Gasteiger partial charge in [-0.1, -0.05) is 26.0 Å². The highest BCUT2D eigenvalue weighted by atomic mass is 127. The Morgan fingerprint density at radius 3 is 2.55 bits per heavy atom. The predicted octanol–water partition coefficient (Wildman–Crippen LogP) is 3.80. The van der Waals surface area contributed by atoms with Crippen molar-refractivity contribution in [2.45, 2.75) is 32.2 Å². The molecule has 0 saturated carbocycles. The summed E-state index contributed by atoms with van der Waals surface area (Å²) in [5.41, 5.74) is 2.20. The van der Waals surface area contributed by atoms with Crippen LogP contribution >= 0.6 is 35.3 Å². The van der Waals surface area contributed by atoms with Crippen molar-refractivity contribution >= 4 is 41.3 Å². The lowest BCUT2D eigenvalue weighted by atomic mass is 10.0. The van der Waals surface area contributed by atoms with Crippen molar-refractivity contribution < 1.29 is 9.13 Å². The maximum Gasteiger partial charge on any atom is 0.191 e. The zero-order valence-corrected chi connectivity index (χ0v) is 21.6. The molecule has 1 unspecified atom stereocenters. The molecule has 2 heterocycles. The molecule has 1 fully saturated rings. The molecule has 0 bridgehead atoms. The van der Waals surface area contributed by atoms with Gasteiger partial charge in [-0.2, -0.15) is 0 Å². The van der Waals surface area contributed by atoms with Crippen LogP contribution in [-0.4, -0.2) is 62.3 Å². The van der Waals surface area contributed by atoms with Crippen LogP contribution in [0.25, 0.3) is 0 Å². The third-order valence-electron chi connectivity index (χ3n) is 5.16. The number of hydrogen-bond acceptors (Lipinski definition) is 5. The van der Waals surface area contributed by atoms with Crippen LogP contribution in [0.15, 0.2) is 34.6 Å². The zero-order chi connectivity index (χ0) is 21.3. The molecular formula is C22H33FIN5OS. The summed E-state index contributed by atoms with van der Waals surface area (Å²) in [6.45, 7) is 8.93. The van der Waals surface area contributed by atoms with Gasteiger partial charge in [-0.3, -0.25) is 9.89 Å². The number of rotatable bonds is 8. The van der Waals surface area contributed by atoms with Gasteiger partial charge < -0.3 is 15.4 Å². The summed E-state index contributed by atoms with van der Waals surface area (Å²) >= 11 is 1.72. The average molecular weight is 562 g/mol. The fourth-order valence-corrected chi connectivity index (χ4v) is 4.33. The Bertz CT molecular complexity index is 808. The van der Waals surface area contributed by atoms with E-state index in [9.17, 15) is 4.39 Å². The van der Waals surface area contributed by atoms with E-state index < -0.39 is 0 Å². The number of guanidine groups is 1. The molecule has 2 aromatic rings. The standard InChI is InChI=1S/C22H32FN5OS.HI/c1-16(2)21-27-19(15-30-21)8-9-25-22(24-3)26-14-20(28-10-12-29-13-11-28)17-4-6-18(23)7-5-17;/h4-7,15-16,20H,8-14H2,1-3H3,(H2,24,25,26);1H. The van der Waals surface area contributed by atoms with Gasteiger partial charge >= 0.3 is 0 Å². The Kier molecular flexibility index (Phi) is 11.1. The van der Waals surface area contributed by atoms with Crippen LogP contribution in [0.3, 0.4) is 0 Å². The molecule has 1 aliphatic rings. The summed E-state index contributed by atoms with van der Waals surface area (Å²) in [5.74, 6) is 1.01. The normalized spacial score (nSPS) is 16.1. The van der Waals surface area contributed by atoms with Crippen molar-refractivity contribution in [3.63, 3.8) is 0 Å². The minimum absolute atomic E-state index is 0. The number of thiazole rings is 1. The number of nitrogens with zero attached hydrogens (tertiary/aromatic N) is 3. The van der Waals surface area contributed by atoms with E-state index >= 15 is 0 Å². The Labute approximate surface area is 205 Å². The molecule has 0 spiro atoms. The minimum atomic E-state index is -0.215. The molecule has 1 atom stereocenters. The van der Waals surface area contributed by atoms with Crippen molar-refractivity contribution in [3.05, 3.63) is 51.7 Å². The first-order valence-electron chi connectivity index (χ1n) is 10.5. The van der Waals surface area contributed by atoms with Gasteiger partial charge in [0.1, 0.15) is 5.82 Å². The Hall–Kier alpha value is -1.30. The SMILES string of the molecule is CN=C(NCCc1csc(C(C)C)n1)NCC(c1ccc(F)cc1)N1CCOCC1.I. The second-order valence-electron chi connectivity index (χ2n) is 7.68. The van der Waals surface area contributed by atoms with Crippen LogP contribution in [0.2, 0.25) is 0 Å². The van der Waals surface area contributed by atoms with E-state index in [1.165, 1.54) is 17.1 Å². The quantitative estimate of drug-likeness (QED) is 0.292. The summed E-state index contributed by atoms with van der Waals surface area (Å²) in [5, 5.41) is 10.1. The molecule has 6 nitrogen and oxygen atoms in total. The predicted molar refractivity (Wildman–Crippen MR) is 136 cm³/mol. The second-order valence-corrected chi connectivity index (χ2v) is 8.57. The molecule has 1 aromatic heterocycles. The van der Waals surface area contributed by atoms with E-state index in [4.69, 9.17) is 4.74 Å². The first kappa shape index (κ1) is 26.0. The Morgan fingerprint density at radius 2 is 1.94 bits per heavy atom. The molecule has 0 aliphatic carbocycles. The molecule has 0 radical (unpaired) electrons. The van der Waals surface area contributed by atoms with Crippen molar-refractivity contribution in [1.29, 1.82) is 0 Å². The third kappa shape index (κ3) is 7.96. The van der Waals surface area contributed by atoms with E-state index in [2.05, 4.69) is 44.7 Å². The maximum absolute atomic E-state index is 13.4. The highest BCUT2D eigenvalue weighted by Gasteiger charge is 2.23. The summed E-state index contributed by atoms with van der Waals surface area (Å²) in [4.78, 5) is 11.4.